The number of H-pyrrole nitrogens is 1. The molecule has 0 bridgehead atoms. The van der Waals surface area contributed by atoms with Crippen molar-refractivity contribution in [3.8, 4) is 0 Å². The van der Waals surface area contributed by atoms with E-state index in [9.17, 15) is 9.59 Å². The number of hydrogen-bond donors (Lipinski definition) is 2. The lowest BCUT2D eigenvalue weighted by atomic mass is 9.90. The van der Waals surface area contributed by atoms with Crippen molar-refractivity contribution in [2.45, 2.75) is 57.4 Å². The largest absolute Gasteiger partial charge is 0.311 e. The summed E-state index contributed by atoms with van der Waals surface area (Å²) in [6, 6.07) is 2.35. The van der Waals surface area contributed by atoms with Gasteiger partial charge in [0.1, 0.15) is 5.82 Å². The number of aryl methyl sites for hydroxylation is 1. The highest BCUT2D eigenvalue weighted by Gasteiger charge is 2.35. The molecule has 5 nitrogen and oxygen atoms in total. The number of nitrogens with one attached hydrogen (secondary N) is 2. The molecule has 3 heterocycles. The van der Waals surface area contributed by atoms with Gasteiger partial charge in [-0.25, -0.2) is 0 Å². The maximum Gasteiger partial charge on any atom is 0.270 e. The Bertz CT molecular complexity index is 795. The summed E-state index contributed by atoms with van der Waals surface area (Å²) >= 11 is 1.63. The van der Waals surface area contributed by atoms with Crippen molar-refractivity contribution in [1.29, 1.82) is 0 Å². The van der Waals surface area contributed by atoms with Crippen molar-refractivity contribution >= 4 is 23.1 Å². The molecule has 2 aromatic heterocycles. The SMILES string of the molecule is Cc1ccsc1C1CC(=O)Nc2c1c(=O)[nH]n2C1CCCCC1. The van der Waals surface area contributed by atoms with Crippen molar-refractivity contribution in [3.63, 3.8) is 0 Å². The monoisotopic (exact) mass is 331 g/mol. The number of carbonyl (C=O) groups is 1. The molecular formula is C17H21N3O2S. The minimum absolute atomic E-state index is 0.00106. The van der Waals surface area contributed by atoms with E-state index >= 15 is 0 Å². The number of amides is 1. The summed E-state index contributed by atoms with van der Waals surface area (Å²) in [6.45, 7) is 2.05. The zero-order valence-corrected chi connectivity index (χ0v) is 14.0. The van der Waals surface area contributed by atoms with Crippen LogP contribution in [0.4, 0.5) is 5.82 Å². The highest BCUT2D eigenvalue weighted by Crippen LogP contribution is 2.40. The maximum atomic E-state index is 12.6. The highest BCUT2D eigenvalue weighted by molar-refractivity contribution is 7.10. The van der Waals surface area contributed by atoms with Gasteiger partial charge in [-0.1, -0.05) is 19.3 Å². The van der Waals surface area contributed by atoms with Gasteiger partial charge in [-0.15, -0.1) is 11.3 Å². The first-order valence-electron chi connectivity index (χ1n) is 8.33. The van der Waals surface area contributed by atoms with E-state index in [2.05, 4.69) is 16.5 Å². The number of aromatic amines is 1. The Morgan fingerprint density at radius 1 is 1.22 bits per heavy atom. The Balaban J connectivity index is 1.82. The van der Waals surface area contributed by atoms with E-state index in [-0.39, 0.29) is 17.4 Å². The quantitative estimate of drug-likeness (QED) is 0.884. The summed E-state index contributed by atoms with van der Waals surface area (Å²) in [6.07, 6.45) is 6.10. The molecule has 23 heavy (non-hydrogen) atoms. The van der Waals surface area contributed by atoms with Crippen molar-refractivity contribution in [3.05, 3.63) is 37.8 Å². The van der Waals surface area contributed by atoms with E-state index in [0.29, 0.717) is 18.3 Å². The number of rotatable bonds is 2. The lowest BCUT2D eigenvalue weighted by Gasteiger charge is -2.28. The average molecular weight is 331 g/mol. The molecule has 1 fully saturated rings. The summed E-state index contributed by atoms with van der Waals surface area (Å²) in [7, 11) is 0. The summed E-state index contributed by atoms with van der Waals surface area (Å²) in [4.78, 5) is 26.0. The summed E-state index contributed by atoms with van der Waals surface area (Å²) in [5.74, 6) is 0.585. The fraction of sp³-hybridized carbons (Fsp3) is 0.529. The molecule has 1 unspecified atom stereocenters. The van der Waals surface area contributed by atoms with E-state index < -0.39 is 0 Å². The number of thiophene rings is 1. The first kappa shape index (κ1) is 14.8. The van der Waals surface area contributed by atoms with E-state index in [4.69, 9.17) is 0 Å². The van der Waals surface area contributed by atoms with Crippen LogP contribution in [0.25, 0.3) is 0 Å². The van der Waals surface area contributed by atoms with Crippen LogP contribution in [0.15, 0.2) is 16.2 Å². The molecule has 6 heteroatoms. The molecule has 1 saturated carbocycles. The second-order valence-electron chi connectivity index (χ2n) is 6.64. The number of fused-ring (bicyclic) bond motifs is 1. The Labute approximate surface area is 138 Å². The molecule has 0 saturated heterocycles. The molecule has 2 aromatic rings. The number of nitrogens with zero attached hydrogens (tertiary/aromatic N) is 1. The number of aromatic nitrogens is 2. The first-order chi connectivity index (χ1) is 11.1. The van der Waals surface area contributed by atoms with Crippen LogP contribution in [0, 0.1) is 6.92 Å². The third-order valence-corrected chi connectivity index (χ3v) is 6.25. The third-order valence-electron chi connectivity index (χ3n) is 5.12. The molecule has 1 atom stereocenters. The summed E-state index contributed by atoms with van der Waals surface area (Å²) in [5.41, 5.74) is 1.84. The lowest BCUT2D eigenvalue weighted by molar-refractivity contribution is -0.116. The van der Waals surface area contributed by atoms with Gasteiger partial charge in [0.15, 0.2) is 0 Å². The Morgan fingerprint density at radius 3 is 2.70 bits per heavy atom. The van der Waals surface area contributed by atoms with Crippen LogP contribution in [0.2, 0.25) is 0 Å². The molecule has 0 aromatic carbocycles. The van der Waals surface area contributed by atoms with Gasteiger partial charge in [-0.2, -0.15) is 0 Å². The number of carbonyl (C=O) groups excluding carboxylic acids is 1. The highest BCUT2D eigenvalue weighted by atomic mass is 32.1. The molecular weight excluding hydrogens is 310 g/mol. The fourth-order valence-electron chi connectivity index (χ4n) is 3.96. The predicted octanol–water partition coefficient (Wildman–Crippen LogP) is 3.53. The van der Waals surface area contributed by atoms with Crippen LogP contribution in [-0.2, 0) is 4.79 Å². The number of anilines is 1. The smallest absolute Gasteiger partial charge is 0.270 e. The molecule has 2 aliphatic rings. The van der Waals surface area contributed by atoms with Crippen LogP contribution in [0.3, 0.4) is 0 Å². The van der Waals surface area contributed by atoms with Crippen molar-refractivity contribution < 1.29 is 4.79 Å². The van der Waals surface area contributed by atoms with E-state index in [1.54, 1.807) is 11.3 Å². The van der Waals surface area contributed by atoms with Crippen LogP contribution < -0.4 is 10.9 Å². The van der Waals surface area contributed by atoms with E-state index in [1.807, 2.05) is 17.0 Å². The van der Waals surface area contributed by atoms with Crippen LogP contribution in [-0.4, -0.2) is 15.7 Å². The molecule has 0 radical (unpaired) electrons. The standard InChI is InChI=1S/C17H21N3O2S/c1-10-7-8-23-15(10)12-9-13(21)18-16-14(12)17(22)19-20(16)11-5-3-2-4-6-11/h7-8,11-12H,2-6,9H2,1H3,(H,18,21)(H,19,22). The zero-order valence-electron chi connectivity index (χ0n) is 13.2. The van der Waals surface area contributed by atoms with Crippen LogP contribution in [0.1, 0.15) is 66.5 Å². The average Bonchev–Trinajstić information content (AvgIpc) is 3.11. The summed E-state index contributed by atoms with van der Waals surface area (Å²) < 4.78 is 1.93. The van der Waals surface area contributed by atoms with Gasteiger partial charge in [0.05, 0.1) is 11.6 Å². The molecule has 1 aliphatic carbocycles. The normalized spacial score (nSPS) is 22.0. The Morgan fingerprint density at radius 2 is 2.00 bits per heavy atom. The second-order valence-corrected chi connectivity index (χ2v) is 7.59. The van der Waals surface area contributed by atoms with Crippen LogP contribution >= 0.6 is 11.3 Å². The first-order valence-corrected chi connectivity index (χ1v) is 9.21. The number of hydrogen-bond acceptors (Lipinski definition) is 3. The van der Waals surface area contributed by atoms with Crippen molar-refractivity contribution in [1.82, 2.24) is 9.78 Å². The van der Waals surface area contributed by atoms with Gasteiger partial charge in [-0.05, 0) is 36.8 Å². The van der Waals surface area contributed by atoms with E-state index in [0.717, 1.165) is 28.8 Å². The predicted molar refractivity (Wildman–Crippen MR) is 91.3 cm³/mol. The zero-order chi connectivity index (χ0) is 16.0. The fourth-order valence-corrected chi connectivity index (χ4v) is 5.00. The second kappa shape index (κ2) is 5.67. The lowest BCUT2D eigenvalue weighted by Crippen LogP contribution is -2.27. The van der Waals surface area contributed by atoms with Gasteiger partial charge in [0.2, 0.25) is 5.91 Å². The molecule has 1 amide bonds. The van der Waals surface area contributed by atoms with Gasteiger partial charge in [0.25, 0.3) is 5.56 Å². The minimum atomic E-state index is -0.118. The minimum Gasteiger partial charge on any atom is -0.311 e. The summed E-state index contributed by atoms with van der Waals surface area (Å²) in [5, 5.41) is 7.99. The maximum absolute atomic E-state index is 12.6. The van der Waals surface area contributed by atoms with Crippen molar-refractivity contribution in [2.24, 2.45) is 0 Å². The molecule has 2 N–H and O–H groups in total. The molecule has 1 aliphatic heterocycles. The van der Waals surface area contributed by atoms with Gasteiger partial charge < -0.3 is 5.32 Å². The Kier molecular flexibility index (Phi) is 3.64. The molecule has 122 valence electrons. The van der Waals surface area contributed by atoms with Gasteiger partial charge in [-0.3, -0.25) is 19.4 Å². The van der Waals surface area contributed by atoms with Crippen molar-refractivity contribution in [2.75, 3.05) is 5.32 Å². The van der Waals surface area contributed by atoms with Gasteiger partial charge >= 0.3 is 0 Å². The topological polar surface area (TPSA) is 66.9 Å². The van der Waals surface area contributed by atoms with Gasteiger partial charge in [0, 0.05) is 17.2 Å². The molecule has 0 spiro atoms. The Hall–Kier alpha value is -1.82. The van der Waals surface area contributed by atoms with Crippen LogP contribution in [0.5, 0.6) is 0 Å². The van der Waals surface area contributed by atoms with E-state index in [1.165, 1.54) is 19.3 Å². The third kappa shape index (κ3) is 2.45. The molecule has 4 rings (SSSR count).